The van der Waals surface area contributed by atoms with Gasteiger partial charge in [0.15, 0.2) is 10.9 Å². The van der Waals surface area contributed by atoms with Crippen molar-refractivity contribution in [1.29, 1.82) is 0 Å². The second kappa shape index (κ2) is 8.71. The Morgan fingerprint density at radius 2 is 2.06 bits per heavy atom. The average Bonchev–Trinajstić information content (AvgIpc) is 3.18. The van der Waals surface area contributed by atoms with Crippen LogP contribution < -0.4 is 15.0 Å². The van der Waals surface area contributed by atoms with Crippen LogP contribution in [0.3, 0.4) is 0 Å². The number of halogens is 3. The van der Waals surface area contributed by atoms with Crippen molar-refractivity contribution in [1.82, 2.24) is 15.0 Å². The first-order chi connectivity index (χ1) is 15.2. The third-order valence-electron chi connectivity index (χ3n) is 4.66. The topological polar surface area (TPSA) is 89.5 Å². The number of thiazole rings is 1. The van der Waals surface area contributed by atoms with Gasteiger partial charge < -0.3 is 19.7 Å². The summed E-state index contributed by atoms with van der Waals surface area (Å²) in [5.74, 6) is 0.277. The van der Waals surface area contributed by atoms with Crippen molar-refractivity contribution in [3.05, 3.63) is 41.5 Å². The van der Waals surface area contributed by atoms with Gasteiger partial charge >= 0.3 is 6.18 Å². The summed E-state index contributed by atoms with van der Waals surface area (Å²) >= 11 is 1.22. The minimum atomic E-state index is -4.59. The molecule has 4 rings (SSSR count). The summed E-state index contributed by atoms with van der Waals surface area (Å²) < 4.78 is 50.2. The lowest BCUT2D eigenvalue weighted by Crippen LogP contribution is -2.38. The third kappa shape index (κ3) is 4.81. The van der Waals surface area contributed by atoms with Gasteiger partial charge in [0, 0.05) is 37.8 Å². The van der Waals surface area contributed by atoms with E-state index in [9.17, 15) is 18.0 Å². The Balaban J connectivity index is 1.58. The molecular formula is C20H18F3N5O3S. The fraction of sp³-hybridized carbons (Fsp3) is 0.300. The van der Waals surface area contributed by atoms with Gasteiger partial charge in [0.25, 0.3) is 0 Å². The van der Waals surface area contributed by atoms with E-state index in [0.29, 0.717) is 41.7 Å². The number of alkyl halides is 3. The van der Waals surface area contributed by atoms with Crippen LogP contribution in [0.5, 0.6) is 5.75 Å². The summed E-state index contributed by atoms with van der Waals surface area (Å²) in [7, 11) is 1.38. The first-order valence-electron chi connectivity index (χ1n) is 9.45. The number of carbonyl (C=O) groups is 1. The predicted octanol–water partition coefficient (Wildman–Crippen LogP) is 4.12. The van der Waals surface area contributed by atoms with Gasteiger partial charge in [-0.25, -0.2) is 9.97 Å². The first kappa shape index (κ1) is 22.0. The van der Waals surface area contributed by atoms with E-state index in [1.54, 1.807) is 23.7 Å². The fourth-order valence-electron chi connectivity index (χ4n) is 2.78. The van der Waals surface area contributed by atoms with Crippen molar-refractivity contribution in [3.8, 4) is 17.1 Å². The van der Waals surface area contributed by atoms with Crippen LogP contribution in [-0.4, -0.2) is 47.2 Å². The predicted molar refractivity (Wildman–Crippen MR) is 112 cm³/mol. The molecule has 168 valence electrons. The number of carbonyl (C=O) groups excluding carboxylic acids is 1. The zero-order valence-electron chi connectivity index (χ0n) is 17.0. The van der Waals surface area contributed by atoms with Crippen LogP contribution in [0.25, 0.3) is 11.4 Å². The van der Waals surface area contributed by atoms with E-state index in [2.05, 4.69) is 20.3 Å². The lowest BCUT2D eigenvalue weighted by molar-refractivity contribution is -0.137. The zero-order chi connectivity index (χ0) is 22.9. The highest BCUT2D eigenvalue weighted by atomic mass is 32.1. The first-order valence-corrected chi connectivity index (χ1v) is 10.3. The van der Waals surface area contributed by atoms with E-state index in [4.69, 9.17) is 9.47 Å². The van der Waals surface area contributed by atoms with Crippen molar-refractivity contribution >= 4 is 33.9 Å². The maximum absolute atomic E-state index is 13.1. The van der Waals surface area contributed by atoms with Crippen LogP contribution in [-0.2, 0) is 15.7 Å². The average molecular weight is 465 g/mol. The van der Waals surface area contributed by atoms with E-state index in [-0.39, 0.29) is 17.6 Å². The Kier molecular flexibility index (Phi) is 5.98. The van der Waals surface area contributed by atoms with E-state index in [0.717, 1.165) is 11.0 Å². The van der Waals surface area contributed by atoms with Gasteiger partial charge in [0.1, 0.15) is 17.5 Å². The molecule has 1 aliphatic heterocycles. The summed E-state index contributed by atoms with van der Waals surface area (Å²) in [6.45, 7) is 2.33. The van der Waals surface area contributed by atoms with Gasteiger partial charge in [-0.3, -0.25) is 9.78 Å². The summed E-state index contributed by atoms with van der Waals surface area (Å²) in [5, 5.41) is 5.03. The minimum Gasteiger partial charge on any atom is -0.485 e. The molecule has 12 heteroatoms. The third-order valence-corrected chi connectivity index (χ3v) is 5.42. The molecule has 3 aromatic rings. The van der Waals surface area contributed by atoms with Crippen molar-refractivity contribution in [2.45, 2.75) is 19.2 Å². The second-order valence-corrected chi connectivity index (χ2v) is 7.84. The number of rotatable bonds is 6. The molecule has 0 aromatic carbocycles. The largest absolute Gasteiger partial charge is 0.485 e. The van der Waals surface area contributed by atoms with Crippen molar-refractivity contribution in [2.24, 2.45) is 0 Å². The Morgan fingerprint density at radius 3 is 2.72 bits per heavy atom. The number of aromatic nitrogens is 3. The lowest BCUT2D eigenvalue weighted by atomic mass is 10.2. The molecule has 0 saturated carbocycles. The molecule has 0 radical (unpaired) electrons. The smallest absolute Gasteiger partial charge is 0.417 e. The summed E-state index contributed by atoms with van der Waals surface area (Å²) in [6, 6.07) is 4.36. The molecule has 32 heavy (non-hydrogen) atoms. The SMILES string of the molecule is CC(=O)N(C)c1cc(C(F)(F)F)cnc1Nc1nc(-c2cc(OC3COC3)ccn2)cs1. The summed E-state index contributed by atoms with van der Waals surface area (Å²) in [4.78, 5) is 25.5. The van der Waals surface area contributed by atoms with Gasteiger partial charge in [-0.1, -0.05) is 0 Å². The molecule has 1 N–H and O–H groups in total. The fourth-order valence-corrected chi connectivity index (χ4v) is 3.48. The zero-order valence-corrected chi connectivity index (χ0v) is 17.8. The monoisotopic (exact) mass is 465 g/mol. The number of hydrogen-bond acceptors (Lipinski definition) is 8. The van der Waals surface area contributed by atoms with Crippen LogP contribution in [0.2, 0.25) is 0 Å². The number of nitrogens with one attached hydrogen (secondary N) is 1. The van der Waals surface area contributed by atoms with Crippen LogP contribution in [0.1, 0.15) is 12.5 Å². The van der Waals surface area contributed by atoms with Crippen LogP contribution in [0, 0.1) is 0 Å². The molecule has 1 aliphatic rings. The molecule has 8 nitrogen and oxygen atoms in total. The van der Waals surface area contributed by atoms with Gasteiger partial charge in [0.2, 0.25) is 5.91 Å². The number of hydrogen-bond donors (Lipinski definition) is 1. The van der Waals surface area contributed by atoms with Crippen molar-refractivity contribution in [2.75, 3.05) is 30.5 Å². The number of ether oxygens (including phenoxy) is 2. The molecule has 3 aromatic heterocycles. The van der Waals surface area contributed by atoms with Gasteiger partial charge in [-0.2, -0.15) is 13.2 Å². The standard InChI is InChI=1S/C20H18F3N5O3S/c1-11(29)28(2)17-5-12(20(21,22)23)7-25-18(17)27-19-26-16(10-32-19)15-6-13(3-4-24-15)31-14-8-30-9-14/h3-7,10,14H,8-9H2,1-2H3,(H,25,26,27). The molecule has 0 spiro atoms. The Hall–Kier alpha value is -3.25. The van der Waals surface area contributed by atoms with Gasteiger partial charge in [-0.05, 0) is 12.1 Å². The summed E-state index contributed by atoms with van der Waals surface area (Å²) in [6.07, 6.45) is -2.26. The number of amides is 1. The quantitative estimate of drug-likeness (QED) is 0.586. The second-order valence-electron chi connectivity index (χ2n) is 6.98. The van der Waals surface area contributed by atoms with Crippen LogP contribution in [0.15, 0.2) is 36.0 Å². The Bertz CT molecular complexity index is 1130. The molecule has 0 aliphatic carbocycles. The number of pyridine rings is 2. The maximum atomic E-state index is 13.1. The van der Waals surface area contributed by atoms with Crippen molar-refractivity contribution in [3.63, 3.8) is 0 Å². The highest BCUT2D eigenvalue weighted by molar-refractivity contribution is 7.14. The minimum absolute atomic E-state index is 0.0136. The molecule has 0 bridgehead atoms. The van der Waals surface area contributed by atoms with Crippen molar-refractivity contribution < 1.29 is 27.4 Å². The van der Waals surface area contributed by atoms with E-state index in [1.807, 2.05) is 0 Å². The molecule has 0 unspecified atom stereocenters. The normalized spacial score (nSPS) is 14.0. The maximum Gasteiger partial charge on any atom is 0.417 e. The van der Waals surface area contributed by atoms with Gasteiger partial charge in [0.05, 0.1) is 30.2 Å². The molecular weight excluding hydrogens is 447 g/mol. The number of anilines is 3. The van der Waals surface area contributed by atoms with E-state index >= 15 is 0 Å². The molecule has 1 saturated heterocycles. The lowest BCUT2D eigenvalue weighted by Gasteiger charge is -2.26. The highest BCUT2D eigenvalue weighted by Gasteiger charge is 2.32. The Labute approximate surface area is 185 Å². The molecule has 1 fully saturated rings. The van der Waals surface area contributed by atoms with Gasteiger partial charge in [-0.15, -0.1) is 11.3 Å². The van der Waals surface area contributed by atoms with E-state index < -0.39 is 17.6 Å². The molecule has 4 heterocycles. The molecule has 1 amide bonds. The van der Waals surface area contributed by atoms with E-state index in [1.165, 1.54) is 25.3 Å². The highest BCUT2D eigenvalue weighted by Crippen LogP contribution is 2.36. The molecule has 0 atom stereocenters. The summed E-state index contributed by atoms with van der Waals surface area (Å²) in [5.41, 5.74) is 0.166. The number of nitrogens with zero attached hydrogens (tertiary/aromatic N) is 4. The van der Waals surface area contributed by atoms with Crippen LogP contribution in [0.4, 0.5) is 29.8 Å². The van der Waals surface area contributed by atoms with Crippen LogP contribution >= 0.6 is 11.3 Å². The Morgan fingerprint density at radius 1 is 1.28 bits per heavy atom.